The van der Waals surface area contributed by atoms with Crippen molar-refractivity contribution in [3.8, 4) is 0 Å². The van der Waals surface area contributed by atoms with E-state index in [1.807, 2.05) is 30.3 Å². The maximum Gasteiger partial charge on any atom is 0.280 e. The summed E-state index contributed by atoms with van der Waals surface area (Å²) in [6.07, 6.45) is 0. The third-order valence-corrected chi connectivity index (χ3v) is 3.66. The Balaban J connectivity index is 1.77. The Labute approximate surface area is 139 Å². The molecule has 0 aliphatic carbocycles. The van der Waals surface area contributed by atoms with Gasteiger partial charge in [0.2, 0.25) is 0 Å². The molecule has 0 spiro atoms. The molecule has 1 unspecified atom stereocenters. The molecule has 1 heterocycles. The van der Waals surface area contributed by atoms with Gasteiger partial charge in [-0.25, -0.2) is 0 Å². The Hall–Kier alpha value is -3.15. The Morgan fingerprint density at radius 1 is 1.08 bits per heavy atom. The molecular formula is C18H16N4O2. The molecule has 1 amide bonds. The minimum Gasteiger partial charge on any atom is -0.295 e. The number of azo groups is 1. The van der Waals surface area contributed by atoms with Crippen molar-refractivity contribution in [1.82, 2.24) is 0 Å². The number of benzene rings is 2. The van der Waals surface area contributed by atoms with E-state index in [0.717, 1.165) is 0 Å². The molecule has 1 aliphatic rings. The predicted octanol–water partition coefficient (Wildman–Crippen LogP) is 3.76. The van der Waals surface area contributed by atoms with Crippen LogP contribution in [0.2, 0.25) is 0 Å². The average molecular weight is 320 g/mol. The topological polar surface area (TPSA) is 74.5 Å². The Morgan fingerprint density at radius 3 is 2.38 bits per heavy atom. The van der Waals surface area contributed by atoms with Crippen LogP contribution in [0.15, 0.2) is 69.9 Å². The van der Waals surface area contributed by atoms with Crippen LogP contribution >= 0.6 is 0 Å². The molecule has 0 N–H and O–H groups in total. The molecule has 0 radical (unpaired) electrons. The van der Waals surface area contributed by atoms with Gasteiger partial charge < -0.3 is 0 Å². The van der Waals surface area contributed by atoms with E-state index in [0.29, 0.717) is 22.6 Å². The smallest absolute Gasteiger partial charge is 0.280 e. The first-order valence-electron chi connectivity index (χ1n) is 7.52. The summed E-state index contributed by atoms with van der Waals surface area (Å²) in [5.41, 5.74) is 2.48. The number of para-hydroxylation sites is 1. The number of carbonyl (C=O) groups excluding carboxylic acids is 2. The van der Waals surface area contributed by atoms with Crippen molar-refractivity contribution in [1.29, 1.82) is 0 Å². The van der Waals surface area contributed by atoms with Crippen LogP contribution < -0.4 is 5.01 Å². The number of hydrogen-bond acceptors (Lipinski definition) is 5. The van der Waals surface area contributed by atoms with Crippen LogP contribution in [0, 0.1) is 0 Å². The first kappa shape index (κ1) is 15.7. The first-order valence-corrected chi connectivity index (χ1v) is 7.52. The molecule has 0 bridgehead atoms. The van der Waals surface area contributed by atoms with Crippen LogP contribution in [0.4, 0.5) is 11.4 Å². The van der Waals surface area contributed by atoms with Crippen molar-refractivity contribution in [2.75, 3.05) is 5.01 Å². The van der Waals surface area contributed by atoms with Gasteiger partial charge in [-0.1, -0.05) is 18.2 Å². The minimum absolute atomic E-state index is 0.00839. The zero-order valence-corrected chi connectivity index (χ0v) is 13.4. The van der Waals surface area contributed by atoms with E-state index in [1.165, 1.54) is 11.9 Å². The van der Waals surface area contributed by atoms with Crippen molar-refractivity contribution in [2.24, 2.45) is 15.3 Å². The molecule has 6 heteroatoms. The number of ketones is 1. The minimum atomic E-state index is -0.724. The fraction of sp³-hybridized carbons (Fsp3) is 0.167. The van der Waals surface area contributed by atoms with Crippen LogP contribution in [-0.4, -0.2) is 23.4 Å². The normalized spacial score (nSPS) is 17.4. The van der Waals surface area contributed by atoms with Crippen LogP contribution in [0.1, 0.15) is 24.2 Å². The van der Waals surface area contributed by atoms with Gasteiger partial charge in [0.15, 0.2) is 11.8 Å². The van der Waals surface area contributed by atoms with E-state index < -0.39 is 6.04 Å². The zero-order valence-electron chi connectivity index (χ0n) is 13.4. The van der Waals surface area contributed by atoms with Gasteiger partial charge in [-0.3, -0.25) is 9.59 Å². The largest absolute Gasteiger partial charge is 0.295 e. The Morgan fingerprint density at radius 2 is 1.75 bits per heavy atom. The molecular weight excluding hydrogens is 304 g/mol. The fourth-order valence-corrected chi connectivity index (χ4v) is 2.33. The second kappa shape index (κ2) is 6.54. The zero-order chi connectivity index (χ0) is 17.1. The van der Waals surface area contributed by atoms with Gasteiger partial charge in [0.25, 0.3) is 5.91 Å². The van der Waals surface area contributed by atoms with E-state index in [2.05, 4.69) is 15.3 Å². The van der Waals surface area contributed by atoms with Crippen molar-refractivity contribution >= 4 is 28.8 Å². The van der Waals surface area contributed by atoms with Crippen LogP contribution in [0.25, 0.3) is 0 Å². The summed E-state index contributed by atoms with van der Waals surface area (Å²) in [4.78, 5) is 23.8. The number of nitrogens with zero attached hydrogens (tertiary/aromatic N) is 4. The number of carbonyl (C=O) groups is 2. The standard InChI is InChI=1S/C18H16N4O2/c1-12-17(18(24)22(21-12)16-6-4-3-5-7-16)20-19-15-10-8-14(9-11-15)13(2)23/h3-11,17H,1-2H3. The van der Waals surface area contributed by atoms with Crippen LogP contribution in [0.5, 0.6) is 0 Å². The van der Waals surface area contributed by atoms with E-state index in [1.54, 1.807) is 31.2 Å². The molecule has 0 saturated carbocycles. The Bertz CT molecular complexity index is 826. The average Bonchev–Trinajstić information content (AvgIpc) is 2.88. The van der Waals surface area contributed by atoms with Gasteiger partial charge in [-0.2, -0.15) is 20.3 Å². The predicted molar refractivity (Wildman–Crippen MR) is 91.8 cm³/mol. The van der Waals surface area contributed by atoms with Crippen LogP contribution in [0.3, 0.4) is 0 Å². The van der Waals surface area contributed by atoms with E-state index in [-0.39, 0.29) is 11.7 Å². The van der Waals surface area contributed by atoms with Gasteiger partial charge in [0.1, 0.15) is 0 Å². The van der Waals surface area contributed by atoms with Gasteiger partial charge in [-0.05, 0) is 50.2 Å². The van der Waals surface area contributed by atoms with Crippen molar-refractivity contribution in [3.63, 3.8) is 0 Å². The highest BCUT2D eigenvalue weighted by Crippen LogP contribution is 2.23. The summed E-state index contributed by atoms with van der Waals surface area (Å²) in [5, 5.41) is 13.8. The maximum atomic E-state index is 12.5. The number of rotatable bonds is 4. The highest BCUT2D eigenvalue weighted by molar-refractivity contribution is 6.18. The van der Waals surface area contributed by atoms with Crippen molar-refractivity contribution in [2.45, 2.75) is 19.9 Å². The number of hydrogen-bond donors (Lipinski definition) is 0. The van der Waals surface area contributed by atoms with E-state index in [4.69, 9.17) is 0 Å². The van der Waals surface area contributed by atoms with E-state index in [9.17, 15) is 9.59 Å². The summed E-state index contributed by atoms with van der Waals surface area (Å²) < 4.78 is 0. The lowest BCUT2D eigenvalue weighted by Crippen LogP contribution is -2.29. The molecule has 0 fully saturated rings. The summed E-state index contributed by atoms with van der Waals surface area (Å²) in [6, 6.07) is 15.2. The van der Waals surface area contributed by atoms with Crippen molar-refractivity contribution in [3.05, 3.63) is 60.2 Å². The van der Waals surface area contributed by atoms with Gasteiger partial charge in [-0.15, -0.1) is 0 Å². The molecule has 24 heavy (non-hydrogen) atoms. The Kier molecular flexibility index (Phi) is 4.29. The summed E-state index contributed by atoms with van der Waals surface area (Å²) in [6.45, 7) is 3.26. The second-order valence-electron chi connectivity index (χ2n) is 5.45. The summed E-state index contributed by atoms with van der Waals surface area (Å²) >= 11 is 0. The third kappa shape index (κ3) is 3.12. The maximum absolute atomic E-state index is 12.5. The molecule has 1 atom stereocenters. The molecule has 2 aromatic carbocycles. The molecule has 2 aromatic rings. The SMILES string of the molecule is CC(=O)c1ccc(N=NC2C(=O)N(c3ccccc3)N=C2C)cc1. The molecule has 0 saturated heterocycles. The first-order chi connectivity index (χ1) is 11.6. The monoisotopic (exact) mass is 320 g/mol. The number of Topliss-reactive ketones (excluding diaryl/α,β-unsaturated/α-hetero) is 1. The highest BCUT2D eigenvalue weighted by atomic mass is 16.2. The van der Waals surface area contributed by atoms with Gasteiger partial charge in [0.05, 0.1) is 17.1 Å². The fourth-order valence-electron chi connectivity index (χ4n) is 2.33. The highest BCUT2D eigenvalue weighted by Gasteiger charge is 2.34. The van der Waals surface area contributed by atoms with E-state index >= 15 is 0 Å². The quantitative estimate of drug-likeness (QED) is 0.635. The molecule has 120 valence electrons. The molecule has 1 aliphatic heterocycles. The van der Waals surface area contributed by atoms with Gasteiger partial charge in [0, 0.05) is 5.56 Å². The second-order valence-corrected chi connectivity index (χ2v) is 5.45. The summed E-state index contributed by atoms with van der Waals surface area (Å²) in [7, 11) is 0. The summed E-state index contributed by atoms with van der Waals surface area (Å²) in [5.74, 6) is -0.242. The number of anilines is 1. The lowest BCUT2D eigenvalue weighted by molar-refractivity contribution is -0.117. The lowest BCUT2D eigenvalue weighted by Gasteiger charge is -2.11. The molecule has 6 nitrogen and oxygen atoms in total. The van der Waals surface area contributed by atoms with Crippen LogP contribution in [-0.2, 0) is 4.79 Å². The molecule has 3 rings (SSSR count). The number of hydrazone groups is 1. The van der Waals surface area contributed by atoms with Gasteiger partial charge >= 0.3 is 0 Å². The van der Waals surface area contributed by atoms with Crippen molar-refractivity contribution < 1.29 is 9.59 Å². The molecule has 0 aromatic heterocycles. The lowest BCUT2D eigenvalue weighted by atomic mass is 10.1. The number of amides is 1. The third-order valence-electron chi connectivity index (χ3n) is 3.66.